The van der Waals surface area contributed by atoms with Crippen LogP contribution >= 0.6 is 31.9 Å². The van der Waals surface area contributed by atoms with E-state index in [1.54, 1.807) is 4.68 Å². The fourth-order valence-electron chi connectivity index (χ4n) is 1.91. The molecular weight excluding hydrogens is 391 g/mol. The molecule has 0 saturated heterocycles. The molecule has 0 N–H and O–H groups in total. The normalized spacial score (nSPS) is 10.8. The van der Waals surface area contributed by atoms with E-state index in [9.17, 15) is 4.39 Å². The van der Waals surface area contributed by atoms with Crippen LogP contribution in [0.15, 0.2) is 22.7 Å². The van der Waals surface area contributed by atoms with Crippen molar-refractivity contribution in [1.29, 1.82) is 0 Å². The van der Waals surface area contributed by atoms with Crippen LogP contribution in [0.5, 0.6) is 5.75 Å². The van der Waals surface area contributed by atoms with Gasteiger partial charge < -0.3 is 4.74 Å². The third-order valence-corrected chi connectivity index (χ3v) is 4.53. The lowest BCUT2D eigenvalue weighted by Gasteiger charge is -2.08. The Morgan fingerprint density at radius 2 is 2.10 bits per heavy atom. The molecule has 0 saturated carbocycles. The van der Waals surface area contributed by atoms with E-state index in [4.69, 9.17) is 4.74 Å². The van der Waals surface area contributed by atoms with Gasteiger partial charge in [0.05, 0.1) is 15.9 Å². The van der Waals surface area contributed by atoms with Crippen molar-refractivity contribution < 1.29 is 9.13 Å². The molecule has 0 bridgehead atoms. The number of hydrogen-bond donors (Lipinski definition) is 0. The Balaban J connectivity index is 2.16. The molecule has 0 aliphatic heterocycles. The first-order chi connectivity index (χ1) is 9.55. The number of nitrogens with zero attached hydrogens (tertiary/aromatic N) is 2. The predicted molar refractivity (Wildman–Crippen MR) is 83.6 cm³/mol. The summed E-state index contributed by atoms with van der Waals surface area (Å²) in [7, 11) is 1.87. The Hall–Kier alpha value is -0.880. The molecule has 3 nitrogen and oxygen atoms in total. The molecule has 1 aromatic carbocycles. The monoisotopic (exact) mass is 404 g/mol. The zero-order valence-electron chi connectivity index (χ0n) is 11.3. The van der Waals surface area contributed by atoms with E-state index in [1.165, 1.54) is 12.1 Å². The summed E-state index contributed by atoms with van der Waals surface area (Å²) in [5, 5.41) is 4.99. The van der Waals surface area contributed by atoms with Gasteiger partial charge in [-0.2, -0.15) is 5.10 Å². The lowest BCUT2D eigenvalue weighted by molar-refractivity contribution is 0.292. The molecule has 6 heteroatoms. The molecule has 0 fully saturated rings. The molecule has 2 rings (SSSR count). The third-order valence-electron chi connectivity index (χ3n) is 2.96. The number of rotatable bonds is 5. The van der Waals surface area contributed by atoms with Gasteiger partial charge in [0.15, 0.2) is 0 Å². The minimum atomic E-state index is -0.296. The summed E-state index contributed by atoms with van der Waals surface area (Å²) >= 11 is 6.85. The van der Waals surface area contributed by atoms with Crippen LogP contribution in [0, 0.1) is 5.82 Å². The lowest BCUT2D eigenvalue weighted by Crippen LogP contribution is -2.04. The highest BCUT2D eigenvalue weighted by Crippen LogP contribution is 2.24. The van der Waals surface area contributed by atoms with Crippen molar-refractivity contribution in [2.45, 2.75) is 25.3 Å². The molecule has 0 unspecified atom stereocenters. The number of halogens is 3. The number of benzene rings is 1. The number of hydrogen-bond acceptors (Lipinski definition) is 2. The summed E-state index contributed by atoms with van der Waals surface area (Å²) in [6.07, 6.45) is 0.849. The minimum absolute atomic E-state index is 0.296. The van der Waals surface area contributed by atoms with Crippen LogP contribution in [-0.2, 0) is 25.4 Å². The first kappa shape index (κ1) is 15.5. The van der Waals surface area contributed by atoms with Crippen molar-refractivity contribution >= 4 is 31.9 Å². The van der Waals surface area contributed by atoms with Gasteiger partial charge >= 0.3 is 0 Å². The molecule has 1 aromatic heterocycles. The molecular formula is C14H15Br2FN2O. The molecule has 0 amide bonds. The average molecular weight is 406 g/mol. The molecule has 0 aliphatic rings. The first-order valence-electron chi connectivity index (χ1n) is 6.23. The fourth-order valence-corrected chi connectivity index (χ4v) is 2.96. The smallest absolute Gasteiger partial charge is 0.131 e. The second kappa shape index (κ2) is 6.72. The summed E-state index contributed by atoms with van der Waals surface area (Å²) in [5.74, 6) is 0.223. The summed E-state index contributed by atoms with van der Waals surface area (Å²) in [6.45, 7) is 2.39. The number of alkyl halides is 1. The quantitative estimate of drug-likeness (QED) is 0.691. The molecule has 1 heterocycles. The fraction of sp³-hybridized carbons (Fsp3) is 0.357. The molecule has 108 valence electrons. The van der Waals surface area contributed by atoms with Crippen LogP contribution in [0.2, 0.25) is 0 Å². The van der Waals surface area contributed by atoms with Gasteiger partial charge in [0.2, 0.25) is 0 Å². The van der Waals surface area contributed by atoms with Gasteiger partial charge in [-0.05, 0) is 40.0 Å². The van der Waals surface area contributed by atoms with Crippen LogP contribution in [0.4, 0.5) is 4.39 Å². The second-order valence-corrected chi connectivity index (χ2v) is 5.76. The van der Waals surface area contributed by atoms with Gasteiger partial charge in [-0.3, -0.25) is 4.68 Å². The Morgan fingerprint density at radius 3 is 2.70 bits per heavy atom. The minimum Gasteiger partial charge on any atom is -0.487 e. The Bertz CT molecular complexity index is 613. The summed E-state index contributed by atoms with van der Waals surface area (Å²) in [5.41, 5.74) is 2.77. The summed E-state index contributed by atoms with van der Waals surface area (Å²) < 4.78 is 21.9. The van der Waals surface area contributed by atoms with Gasteiger partial charge in [0.25, 0.3) is 0 Å². The lowest BCUT2D eigenvalue weighted by atomic mass is 10.2. The number of aryl methyl sites for hydroxylation is 2. The van der Waals surface area contributed by atoms with E-state index >= 15 is 0 Å². The van der Waals surface area contributed by atoms with Gasteiger partial charge in [-0.25, -0.2) is 4.39 Å². The first-order valence-corrected chi connectivity index (χ1v) is 8.15. The average Bonchev–Trinajstić information content (AvgIpc) is 2.70. The predicted octanol–water partition coefficient (Wildman–Crippen LogP) is 4.36. The largest absolute Gasteiger partial charge is 0.487 e. The van der Waals surface area contributed by atoms with E-state index in [-0.39, 0.29) is 5.82 Å². The highest BCUT2D eigenvalue weighted by Gasteiger charge is 2.13. The zero-order valence-corrected chi connectivity index (χ0v) is 14.5. The maximum absolute atomic E-state index is 13.4. The molecule has 20 heavy (non-hydrogen) atoms. The van der Waals surface area contributed by atoms with Crippen molar-refractivity contribution in [3.8, 4) is 5.75 Å². The van der Waals surface area contributed by atoms with Gasteiger partial charge in [-0.1, -0.05) is 22.9 Å². The third kappa shape index (κ3) is 3.41. The highest BCUT2D eigenvalue weighted by molar-refractivity contribution is 9.10. The van der Waals surface area contributed by atoms with Crippen LogP contribution in [0.25, 0.3) is 0 Å². The Morgan fingerprint density at radius 1 is 1.35 bits per heavy atom. The van der Waals surface area contributed by atoms with Gasteiger partial charge in [0, 0.05) is 18.4 Å². The van der Waals surface area contributed by atoms with E-state index in [1.807, 2.05) is 20.0 Å². The van der Waals surface area contributed by atoms with E-state index in [2.05, 4.69) is 37.0 Å². The maximum Gasteiger partial charge on any atom is 0.131 e. The molecule has 2 aromatic rings. The highest BCUT2D eigenvalue weighted by atomic mass is 79.9. The van der Waals surface area contributed by atoms with Crippen molar-refractivity contribution in [1.82, 2.24) is 9.78 Å². The number of ether oxygens (including phenoxy) is 1. The van der Waals surface area contributed by atoms with Crippen molar-refractivity contribution in [2.24, 2.45) is 7.05 Å². The van der Waals surface area contributed by atoms with E-state index in [0.717, 1.165) is 27.8 Å². The van der Waals surface area contributed by atoms with Crippen LogP contribution in [0.1, 0.15) is 23.9 Å². The van der Waals surface area contributed by atoms with Crippen LogP contribution < -0.4 is 4.74 Å². The standard InChI is InChI=1S/C14H15Br2FN2O/c1-3-12-14(16)13(19(2)18-12)8-20-11-5-9(7-15)4-10(17)6-11/h4-6H,3,7-8H2,1-2H3. The number of aromatic nitrogens is 2. The summed E-state index contributed by atoms with van der Waals surface area (Å²) in [6, 6.07) is 4.69. The molecule has 0 aliphatic carbocycles. The molecule has 0 spiro atoms. The van der Waals surface area contributed by atoms with Crippen molar-refractivity contribution in [3.63, 3.8) is 0 Å². The molecule has 0 atom stereocenters. The van der Waals surface area contributed by atoms with Crippen molar-refractivity contribution in [3.05, 3.63) is 45.4 Å². The maximum atomic E-state index is 13.4. The molecule has 0 radical (unpaired) electrons. The topological polar surface area (TPSA) is 27.1 Å². The van der Waals surface area contributed by atoms with Gasteiger partial charge in [-0.15, -0.1) is 0 Å². The zero-order chi connectivity index (χ0) is 14.7. The Kier molecular flexibility index (Phi) is 5.21. The van der Waals surface area contributed by atoms with Crippen LogP contribution in [0.3, 0.4) is 0 Å². The summed E-state index contributed by atoms with van der Waals surface area (Å²) in [4.78, 5) is 0. The van der Waals surface area contributed by atoms with Crippen LogP contribution in [-0.4, -0.2) is 9.78 Å². The van der Waals surface area contributed by atoms with E-state index in [0.29, 0.717) is 17.7 Å². The second-order valence-electron chi connectivity index (χ2n) is 4.40. The van der Waals surface area contributed by atoms with E-state index < -0.39 is 0 Å². The van der Waals surface area contributed by atoms with Crippen molar-refractivity contribution in [2.75, 3.05) is 0 Å². The SMILES string of the molecule is CCc1nn(C)c(COc2cc(F)cc(CBr)c2)c1Br. The van der Waals surface area contributed by atoms with Gasteiger partial charge in [0.1, 0.15) is 18.2 Å². The Labute approximate surface area is 134 Å².